The summed E-state index contributed by atoms with van der Waals surface area (Å²) in [6, 6.07) is 1.20. The quantitative estimate of drug-likeness (QED) is 0.661. The number of pyridine rings is 1. The highest BCUT2D eigenvalue weighted by molar-refractivity contribution is 9.10. The Bertz CT molecular complexity index is 343. The number of aromatic amines is 1. The summed E-state index contributed by atoms with van der Waals surface area (Å²) < 4.78 is 21.5. The lowest BCUT2D eigenvalue weighted by atomic mass is 10.3. The summed E-state index contributed by atoms with van der Waals surface area (Å²) in [5.74, 6) is 0. The zero-order valence-corrected chi connectivity index (χ0v) is 6.03. The number of hydrogen-bond donors (Lipinski definition) is 1. The molecule has 0 aromatic carbocycles. The van der Waals surface area contributed by atoms with Gasteiger partial charge in [-0.15, -0.1) is 0 Å². The van der Waals surface area contributed by atoms with Crippen molar-refractivity contribution < 1.29 is 4.11 Å². The Kier molecular flexibility index (Phi) is 0.931. The first kappa shape index (κ1) is 3.56. The number of aryl methyl sites for hydroxylation is 1. The van der Waals surface area contributed by atoms with Crippen LogP contribution in [0.25, 0.3) is 0 Å². The topological polar surface area (TPSA) is 32.9 Å². The van der Waals surface area contributed by atoms with Crippen LogP contribution in [-0.4, -0.2) is 4.98 Å². The minimum Gasteiger partial charge on any atom is -0.329 e. The molecule has 0 saturated heterocycles. The summed E-state index contributed by atoms with van der Waals surface area (Å²) in [7, 11) is 0. The van der Waals surface area contributed by atoms with Gasteiger partial charge in [-0.3, -0.25) is 4.79 Å². The molecule has 0 fully saturated rings. The maximum absolute atomic E-state index is 10.7. The molecule has 48 valence electrons. The lowest BCUT2D eigenvalue weighted by Gasteiger charge is -1.91. The van der Waals surface area contributed by atoms with E-state index >= 15 is 0 Å². The van der Waals surface area contributed by atoms with Gasteiger partial charge in [-0.1, -0.05) is 15.9 Å². The number of nitrogens with one attached hydrogen (secondary N) is 1. The van der Waals surface area contributed by atoms with Gasteiger partial charge < -0.3 is 4.98 Å². The van der Waals surface area contributed by atoms with Crippen LogP contribution in [0.15, 0.2) is 21.5 Å². The van der Waals surface area contributed by atoms with Gasteiger partial charge in [0, 0.05) is 20.8 Å². The Morgan fingerprint density at radius 1 is 1.89 bits per heavy atom. The summed E-state index contributed by atoms with van der Waals surface area (Å²) in [6.07, 6.45) is 1.19. The third-order valence-electron chi connectivity index (χ3n) is 0.874. The van der Waals surface area contributed by atoms with E-state index in [0.29, 0.717) is 4.47 Å². The van der Waals surface area contributed by atoms with Crippen LogP contribution >= 0.6 is 15.9 Å². The summed E-state index contributed by atoms with van der Waals surface area (Å²) in [6.45, 7) is -2.19. The molecule has 1 heterocycles. The molecule has 1 rings (SSSR count). The Balaban J connectivity index is 3.28. The van der Waals surface area contributed by atoms with Gasteiger partial charge in [-0.2, -0.15) is 0 Å². The van der Waals surface area contributed by atoms with Crippen molar-refractivity contribution in [3.63, 3.8) is 0 Å². The van der Waals surface area contributed by atoms with Crippen molar-refractivity contribution in [1.82, 2.24) is 4.98 Å². The number of halogens is 1. The maximum atomic E-state index is 10.7. The zero-order valence-electron chi connectivity index (χ0n) is 7.44. The van der Waals surface area contributed by atoms with Crippen molar-refractivity contribution in [3.05, 3.63) is 32.7 Å². The molecular formula is C6H6BrNO. The fraction of sp³-hybridized carbons (Fsp3) is 0.167. The largest absolute Gasteiger partial charge is 0.329 e. The molecule has 0 aliphatic heterocycles. The highest BCUT2D eigenvalue weighted by atomic mass is 79.9. The third kappa shape index (κ3) is 1.42. The average Bonchev–Trinajstić information content (AvgIpc) is 1.83. The van der Waals surface area contributed by atoms with Gasteiger partial charge in [0.1, 0.15) is 0 Å². The van der Waals surface area contributed by atoms with Crippen molar-refractivity contribution in [1.29, 1.82) is 0 Å². The number of rotatable bonds is 0. The first-order chi connectivity index (χ1) is 5.41. The molecule has 2 nitrogen and oxygen atoms in total. The van der Waals surface area contributed by atoms with Crippen LogP contribution < -0.4 is 5.56 Å². The second-order valence-corrected chi connectivity index (χ2v) is 2.41. The van der Waals surface area contributed by atoms with Gasteiger partial charge >= 0.3 is 0 Å². The molecule has 0 unspecified atom stereocenters. The van der Waals surface area contributed by atoms with Gasteiger partial charge in [0.15, 0.2) is 0 Å². The van der Waals surface area contributed by atoms with Crippen molar-refractivity contribution in [2.45, 2.75) is 6.85 Å². The monoisotopic (exact) mass is 190 g/mol. The lowest BCUT2D eigenvalue weighted by Crippen LogP contribution is -2.02. The Morgan fingerprint density at radius 2 is 2.67 bits per heavy atom. The summed E-state index contributed by atoms with van der Waals surface area (Å²) >= 11 is 3.00. The zero-order chi connectivity index (χ0) is 9.35. The van der Waals surface area contributed by atoms with Gasteiger partial charge in [-0.05, 0) is 12.4 Å². The Hall–Kier alpha value is -0.570. The Morgan fingerprint density at radius 3 is 3.22 bits per heavy atom. The molecule has 0 saturated carbocycles. The van der Waals surface area contributed by atoms with Crippen LogP contribution in [0.2, 0.25) is 0 Å². The highest BCUT2D eigenvalue weighted by Gasteiger charge is 1.91. The molecule has 0 spiro atoms. The van der Waals surface area contributed by atoms with E-state index in [1.807, 2.05) is 0 Å². The fourth-order valence-electron chi connectivity index (χ4n) is 0.447. The van der Waals surface area contributed by atoms with Gasteiger partial charge in [0.25, 0.3) is 0 Å². The van der Waals surface area contributed by atoms with Crippen LogP contribution in [0, 0.1) is 6.85 Å². The molecule has 0 atom stereocenters. The van der Waals surface area contributed by atoms with E-state index in [1.165, 1.54) is 12.3 Å². The normalized spacial score (nSPS) is 15.9. The molecule has 0 aliphatic carbocycles. The first-order valence-electron chi connectivity index (χ1n) is 3.80. The minimum absolute atomic E-state index is 0.113. The van der Waals surface area contributed by atoms with Crippen LogP contribution in [0.5, 0.6) is 0 Å². The molecule has 1 N–H and O–H groups in total. The molecule has 0 bridgehead atoms. The molecule has 0 amide bonds. The van der Waals surface area contributed by atoms with Crippen molar-refractivity contribution in [2.24, 2.45) is 0 Å². The second kappa shape index (κ2) is 2.35. The van der Waals surface area contributed by atoms with Crippen LogP contribution in [-0.2, 0) is 0 Å². The summed E-state index contributed by atoms with van der Waals surface area (Å²) in [5, 5.41) is 0. The molecule has 1 aromatic rings. The Labute approximate surface area is 65.3 Å². The van der Waals surface area contributed by atoms with E-state index in [9.17, 15) is 4.79 Å². The predicted molar refractivity (Wildman–Crippen MR) is 39.5 cm³/mol. The summed E-state index contributed by atoms with van der Waals surface area (Å²) in [4.78, 5) is 13.0. The minimum atomic E-state index is -2.19. The van der Waals surface area contributed by atoms with Gasteiger partial charge in [-0.25, -0.2) is 0 Å². The SMILES string of the molecule is [2H]C([2H])([2H])c1c[nH]c(=O)cc1Br. The number of hydrogen-bond acceptors (Lipinski definition) is 1. The molecular weight excluding hydrogens is 182 g/mol. The van der Waals surface area contributed by atoms with Crippen molar-refractivity contribution in [3.8, 4) is 0 Å². The number of H-pyrrole nitrogens is 1. The molecule has 3 heteroatoms. The fourth-order valence-corrected chi connectivity index (χ4v) is 0.769. The van der Waals surface area contributed by atoms with Crippen LogP contribution in [0.1, 0.15) is 9.68 Å². The molecule has 1 aromatic heterocycles. The molecule has 0 radical (unpaired) electrons. The van der Waals surface area contributed by atoms with E-state index in [1.54, 1.807) is 0 Å². The van der Waals surface area contributed by atoms with Gasteiger partial charge in [0.2, 0.25) is 5.56 Å². The predicted octanol–water partition coefficient (Wildman–Crippen LogP) is 1.45. The van der Waals surface area contributed by atoms with E-state index in [4.69, 9.17) is 4.11 Å². The van der Waals surface area contributed by atoms with Gasteiger partial charge in [0.05, 0.1) is 0 Å². The van der Waals surface area contributed by atoms with E-state index < -0.39 is 6.85 Å². The third-order valence-corrected chi connectivity index (χ3v) is 1.53. The standard InChI is InChI=1S/C6H6BrNO/c1-4-3-8-6(9)2-5(4)7/h2-3H,1H3,(H,8,9)/i1D3. The van der Waals surface area contributed by atoms with E-state index in [-0.39, 0.29) is 11.1 Å². The second-order valence-electron chi connectivity index (χ2n) is 1.56. The first-order valence-corrected chi connectivity index (χ1v) is 3.09. The van der Waals surface area contributed by atoms with E-state index in [2.05, 4.69) is 20.9 Å². The smallest absolute Gasteiger partial charge is 0.249 e. The number of aromatic nitrogens is 1. The van der Waals surface area contributed by atoms with Crippen LogP contribution in [0.4, 0.5) is 0 Å². The van der Waals surface area contributed by atoms with Crippen LogP contribution in [0.3, 0.4) is 0 Å². The molecule has 0 aliphatic rings. The van der Waals surface area contributed by atoms with E-state index in [0.717, 1.165) is 0 Å². The lowest BCUT2D eigenvalue weighted by molar-refractivity contribution is 1.18. The highest BCUT2D eigenvalue weighted by Crippen LogP contribution is 2.09. The summed E-state index contributed by atoms with van der Waals surface area (Å²) in [5.41, 5.74) is -0.211. The average molecular weight is 191 g/mol. The van der Waals surface area contributed by atoms with Crippen molar-refractivity contribution in [2.75, 3.05) is 0 Å². The molecule has 9 heavy (non-hydrogen) atoms. The van der Waals surface area contributed by atoms with Crippen molar-refractivity contribution >= 4 is 15.9 Å². The maximum Gasteiger partial charge on any atom is 0.249 e.